The first-order valence-electron chi connectivity index (χ1n) is 23.8. The summed E-state index contributed by atoms with van der Waals surface area (Å²) in [5.41, 5.74) is 3.64. The van der Waals surface area contributed by atoms with Crippen molar-refractivity contribution in [3.8, 4) is 11.5 Å². The number of nitrogens with zero attached hydrogens (tertiary/aromatic N) is 8. The molecule has 2 aromatic heterocycles. The first-order valence-corrected chi connectivity index (χ1v) is 25.3. The van der Waals surface area contributed by atoms with Gasteiger partial charge in [-0.3, -0.25) is 9.59 Å². The van der Waals surface area contributed by atoms with Gasteiger partial charge in [-0.05, 0) is 72.8 Å². The summed E-state index contributed by atoms with van der Waals surface area (Å²) in [5.74, 6) is -0.402. The Balaban J connectivity index is 0.000000178. The topological polar surface area (TPSA) is 138 Å². The van der Waals surface area contributed by atoms with Gasteiger partial charge in [0.15, 0.2) is 0 Å². The molecule has 72 heavy (non-hydrogen) atoms. The quantitative estimate of drug-likeness (QED) is 0.104. The molecule has 20 heteroatoms. The third-order valence-corrected chi connectivity index (χ3v) is 14.1. The van der Waals surface area contributed by atoms with E-state index in [2.05, 4.69) is 19.8 Å². The summed E-state index contributed by atoms with van der Waals surface area (Å²) in [6.07, 6.45) is 9.96. The summed E-state index contributed by atoms with van der Waals surface area (Å²) in [7, 11) is 0. The predicted molar refractivity (Wildman–Crippen MR) is 275 cm³/mol. The van der Waals surface area contributed by atoms with Gasteiger partial charge in [0.1, 0.15) is 36.9 Å². The van der Waals surface area contributed by atoms with E-state index >= 15 is 0 Å². The van der Waals surface area contributed by atoms with Crippen molar-refractivity contribution in [3.05, 3.63) is 154 Å². The van der Waals surface area contributed by atoms with Crippen molar-refractivity contribution in [1.29, 1.82) is 0 Å². The van der Waals surface area contributed by atoms with Crippen molar-refractivity contribution in [3.63, 3.8) is 0 Å². The third-order valence-electron chi connectivity index (χ3n) is 13.0. The Bertz CT molecular complexity index is 2550. The van der Waals surface area contributed by atoms with E-state index in [1.165, 1.54) is 0 Å². The highest BCUT2D eigenvalue weighted by Crippen LogP contribution is 2.42. The first-order chi connectivity index (χ1) is 34.8. The van der Waals surface area contributed by atoms with E-state index in [-0.39, 0.29) is 24.0 Å². The van der Waals surface area contributed by atoms with Gasteiger partial charge in [-0.1, -0.05) is 58.5 Å². The largest absolute Gasteiger partial charge is 0.491 e. The molecule has 0 unspecified atom stereocenters. The Kier molecular flexibility index (Phi) is 16.5. The first kappa shape index (κ1) is 51.3. The number of carbonyl (C=O) groups excluding carboxylic acids is 2. The van der Waals surface area contributed by atoms with E-state index in [0.29, 0.717) is 70.7 Å². The molecule has 4 aromatic carbocycles. The highest BCUT2D eigenvalue weighted by molar-refractivity contribution is 6.35. The second-order valence-corrected chi connectivity index (χ2v) is 19.6. The van der Waals surface area contributed by atoms with Crippen LogP contribution in [0.25, 0.3) is 0 Å². The van der Waals surface area contributed by atoms with Crippen LogP contribution < -0.4 is 19.3 Å². The number of ether oxygens (including phenoxy) is 6. The molecular weight excluding hydrogens is 1010 g/mol. The fourth-order valence-electron chi connectivity index (χ4n) is 9.19. The van der Waals surface area contributed by atoms with Gasteiger partial charge in [0.25, 0.3) is 0 Å². The fourth-order valence-corrected chi connectivity index (χ4v) is 10.3. The molecule has 16 nitrogen and oxygen atoms in total. The molecule has 4 aliphatic rings. The number of hydrogen-bond donors (Lipinski definition) is 0. The average Bonchev–Trinajstić information content (AvgIpc) is 4.24. The van der Waals surface area contributed by atoms with Gasteiger partial charge in [0, 0.05) is 124 Å². The van der Waals surface area contributed by atoms with E-state index in [4.69, 9.17) is 74.8 Å². The molecule has 0 N–H and O–H groups in total. The predicted octanol–water partition coefficient (Wildman–Crippen LogP) is 8.41. The maximum absolute atomic E-state index is 11.6. The number of amides is 2. The van der Waals surface area contributed by atoms with Gasteiger partial charge in [-0.2, -0.15) is 0 Å². The van der Waals surface area contributed by atoms with E-state index in [0.717, 1.165) is 75.2 Å². The monoisotopic (exact) mass is 1060 g/mol. The fraction of sp³-hybridized carbons (Fsp3) is 0.385. The van der Waals surface area contributed by atoms with Crippen molar-refractivity contribution in [1.82, 2.24) is 28.9 Å². The number of hydrogen-bond acceptors (Lipinski definition) is 12. The molecule has 380 valence electrons. The van der Waals surface area contributed by atoms with Crippen molar-refractivity contribution in [2.75, 3.05) is 88.6 Å². The summed E-state index contributed by atoms with van der Waals surface area (Å²) in [4.78, 5) is 39.7. The van der Waals surface area contributed by atoms with Gasteiger partial charge >= 0.3 is 0 Å². The lowest BCUT2D eigenvalue weighted by atomic mass is 10.1. The molecule has 4 fully saturated rings. The van der Waals surface area contributed by atoms with Crippen LogP contribution in [-0.4, -0.2) is 132 Å². The lowest BCUT2D eigenvalue weighted by Gasteiger charge is -2.35. The number of aromatic nitrogens is 4. The third kappa shape index (κ3) is 12.4. The number of piperazine rings is 2. The van der Waals surface area contributed by atoms with Crippen LogP contribution in [0.5, 0.6) is 11.5 Å². The average molecular weight is 1060 g/mol. The number of imidazole rings is 2. The summed E-state index contributed by atoms with van der Waals surface area (Å²) in [6.45, 7) is 11.6. The standard InChI is InChI=1S/2C26H28Cl2N4O4/c2*1-19(33)31-10-12-32(13-11-31)21-3-5-22(6-4-21)34-15-23-16-35-26(36-23,17-30-9-8-29-18-30)24-7-2-20(27)14-25(24)28/h2*2-9,14,18,23H,10-13,15-17H2,1H3/t2*23-,26-/m10/s1. The van der Waals surface area contributed by atoms with Crippen LogP contribution in [0.3, 0.4) is 0 Å². The van der Waals surface area contributed by atoms with E-state index in [1.54, 1.807) is 63.2 Å². The number of halogens is 4. The molecule has 6 aromatic rings. The molecule has 0 bridgehead atoms. The molecule has 10 rings (SSSR count). The van der Waals surface area contributed by atoms with Crippen LogP contribution in [0.1, 0.15) is 25.0 Å². The Morgan fingerprint density at radius 2 is 0.958 bits per heavy atom. The summed E-state index contributed by atoms with van der Waals surface area (Å²) in [6, 6.07) is 26.6. The van der Waals surface area contributed by atoms with Crippen LogP contribution in [0, 0.1) is 0 Å². The van der Waals surface area contributed by atoms with Crippen LogP contribution in [0.2, 0.25) is 20.1 Å². The second kappa shape index (κ2) is 23.1. The number of benzene rings is 4. The second-order valence-electron chi connectivity index (χ2n) is 17.9. The van der Waals surface area contributed by atoms with Crippen LogP contribution in [-0.2, 0) is 53.2 Å². The molecule has 4 saturated heterocycles. The van der Waals surface area contributed by atoms with Gasteiger partial charge in [0.2, 0.25) is 23.4 Å². The smallest absolute Gasteiger partial charge is 0.219 e. The number of anilines is 2. The number of carbonyl (C=O) groups is 2. The maximum Gasteiger partial charge on any atom is 0.219 e. The molecule has 0 spiro atoms. The van der Waals surface area contributed by atoms with Gasteiger partial charge < -0.3 is 57.2 Å². The van der Waals surface area contributed by atoms with Crippen molar-refractivity contribution in [2.45, 2.75) is 50.7 Å². The Labute approximate surface area is 438 Å². The molecule has 6 heterocycles. The zero-order valence-corrected chi connectivity index (χ0v) is 43.0. The van der Waals surface area contributed by atoms with E-state index in [1.807, 2.05) is 92.0 Å². The van der Waals surface area contributed by atoms with Crippen LogP contribution in [0.15, 0.2) is 122 Å². The highest BCUT2D eigenvalue weighted by atomic mass is 35.5. The molecule has 0 saturated carbocycles. The Hall–Kier alpha value is -5.56. The van der Waals surface area contributed by atoms with E-state index in [9.17, 15) is 9.59 Å². The zero-order valence-electron chi connectivity index (χ0n) is 40.0. The molecule has 4 atom stereocenters. The minimum Gasteiger partial charge on any atom is -0.491 e. The summed E-state index contributed by atoms with van der Waals surface area (Å²) >= 11 is 25.3. The van der Waals surface area contributed by atoms with Crippen LogP contribution >= 0.6 is 46.4 Å². The van der Waals surface area contributed by atoms with Gasteiger partial charge in [-0.25, -0.2) is 9.97 Å². The molecule has 4 aliphatic heterocycles. The molecular formula is C52H56Cl4N8O8. The molecule has 0 aliphatic carbocycles. The van der Waals surface area contributed by atoms with Crippen molar-refractivity contribution >= 4 is 69.6 Å². The van der Waals surface area contributed by atoms with Gasteiger partial charge in [-0.15, -0.1) is 0 Å². The summed E-state index contributed by atoms with van der Waals surface area (Å²) in [5, 5.41) is 2.04. The van der Waals surface area contributed by atoms with E-state index < -0.39 is 11.6 Å². The SMILES string of the molecule is CC(=O)N1CCN(c2ccc(OC[C@@H]3CO[C@@](Cn4ccnc4)(c4ccc(Cl)cc4Cl)O3)cc2)CC1.CC(=O)N1CCN(c2ccc(OC[C@H]3CO[C@](Cn4ccnc4)(c4ccc(Cl)cc4Cl)O3)cc2)CC1. The molecule has 2 amide bonds. The number of rotatable bonds is 14. The Morgan fingerprint density at radius 1 is 0.569 bits per heavy atom. The molecule has 0 radical (unpaired) electrons. The van der Waals surface area contributed by atoms with Crippen molar-refractivity contribution < 1.29 is 38.0 Å². The van der Waals surface area contributed by atoms with Crippen molar-refractivity contribution in [2.24, 2.45) is 0 Å². The minimum absolute atomic E-state index is 0.129. The minimum atomic E-state index is -1.08. The van der Waals surface area contributed by atoms with Crippen LogP contribution in [0.4, 0.5) is 11.4 Å². The highest BCUT2D eigenvalue weighted by Gasteiger charge is 2.47. The van der Waals surface area contributed by atoms with Gasteiger partial charge in [0.05, 0.1) is 49.0 Å². The zero-order chi connectivity index (χ0) is 50.2. The normalized spacial score (nSPS) is 22.1. The lowest BCUT2D eigenvalue weighted by Crippen LogP contribution is -2.48. The maximum atomic E-state index is 11.6. The lowest BCUT2D eigenvalue weighted by molar-refractivity contribution is -0.189. The Morgan fingerprint density at radius 3 is 1.29 bits per heavy atom. The summed E-state index contributed by atoms with van der Waals surface area (Å²) < 4.78 is 41.2.